The zero-order chi connectivity index (χ0) is 24.3. The van der Waals surface area contributed by atoms with E-state index in [1.165, 1.54) is 36.4 Å². The fraction of sp³-hybridized carbons (Fsp3) is 0.308. The Morgan fingerprint density at radius 2 is 1.82 bits per heavy atom. The highest BCUT2D eigenvalue weighted by atomic mass is 19.1. The van der Waals surface area contributed by atoms with Gasteiger partial charge in [0, 0.05) is 25.0 Å². The molecule has 8 heteroatoms. The number of piperidine rings is 1. The molecular weight excluding hydrogens is 437 g/mol. The largest absolute Gasteiger partial charge is 0.356 e. The molecule has 1 aliphatic rings. The first kappa shape index (κ1) is 24.8. The van der Waals surface area contributed by atoms with Gasteiger partial charge in [-0.2, -0.15) is 0 Å². The van der Waals surface area contributed by atoms with Crippen LogP contribution in [0, 0.1) is 11.7 Å². The summed E-state index contributed by atoms with van der Waals surface area (Å²) in [7, 11) is 0. The molecule has 1 heterocycles. The number of amides is 3. The highest BCUT2D eigenvalue weighted by Crippen LogP contribution is 2.17. The highest BCUT2D eigenvalue weighted by Gasteiger charge is 2.28. The molecule has 0 unspecified atom stereocenters. The summed E-state index contributed by atoms with van der Waals surface area (Å²) in [6, 6.07) is 13.0. The quantitative estimate of drug-likeness (QED) is 0.370. The van der Waals surface area contributed by atoms with Crippen LogP contribution in [0.1, 0.15) is 30.4 Å². The van der Waals surface area contributed by atoms with Crippen molar-refractivity contribution in [1.82, 2.24) is 16.0 Å². The Labute approximate surface area is 197 Å². The molecule has 3 N–H and O–H groups in total. The van der Waals surface area contributed by atoms with Gasteiger partial charge < -0.3 is 20.7 Å². The number of carbonyl (C=O) groups is 4. The van der Waals surface area contributed by atoms with Crippen LogP contribution < -0.4 is 16.0 Å². The maximum atomic E-state index is 13.1. The summed E-state index contributed by atoms with van der Waals surface area (Å²) < 4.78 is 13.1. The molecule has 2 aromatic rings. The zero-order valence-electron chi connectivity index (χ0n) is 18.7. The van der Waals surface area contributed by atoms with Crippen LogP contribution in [-0.4, -0.2) is 42.6 Å². The molecular formula is C26H28FN3O4. The third-order valence-corrected chi connectivity index (χ3v) is 5.64. The molecule has 1 fully saturated rings. The topological polar surface area (TPSA) is 104 Å². The minimum Gasteiger partial charge on any atom is -0.356 e. The Kier molecular flexibility index (Phi) is 9.08. The standard InChI is InChI=1S/C26H28FN3O4/c27-21-11-8-18(9-12-21)10-13-24(32)30-23(15-19-5-2-1-3-6-19)26(34)29-22(17-31)16-20-7-4-14-28-25(20)33/h1-3,5-6,8-13,17,20,22-23H,4,7,14-16H2,(H,28,33)(H,29,34)(H,30,32)/b13-10+/t20-,22-,23-/m0/s1. The molecule has 3 amide bonds. The Hall–Kier alpha value is -3.81. The Bertz CT molecular complexity index is 1020. The summed E-state index contributed by atoms with van der Waals surface area (Å²) in [5.41, 5.74) is 1.46. The summed E-state index contributed by atoms with van der Waals surface area (Å²) in [5, 5.41) is 8.13. The molecule has 7 nitrogen and oxygen atoms in total. The van der Waals surface area contributed by atoms with Gasteiger partial charge in [0.1, 0.15) is 18.1 Å². The van der Waals surface area contributed by atoms with Crippen molar-refractivity contribution in [1.29, 1.82) is 0 Å². The zero-order valence-corrected chi connectivity index (χ0v) is 18.7. The third-order valence-electron chi connectivity index (χ3n) is 5.64. The molecule has 0 saturated carbocycles. The molecule has 0 aliphatic carbocycles. The molecule has 0 spiro atoms. The molecule has 0 aromatic heterocycles. The van der Waals surface area contributed by atoms with E-state index in [0.717, 1.165) is 12.0 Å². The molecule has 3 rings (SSSR count). The van der Waals surface area contributed by atoms with Gasteiger partial charge >= 0.3 is 0 Å². The molecule has 2 aromatic carbocycles. The van der Waals surface area contributed by atoms with Crippen LogP contribution in [0.15, 0.2) is 60.7 Å². The molecule has 1 aliphatic heterocycles. The molecule has 34 heavy (non-hydrogen) atoms. The lowest BCUT2D eigenvalue weighted by Crippen LogP contribution is -2.51. The van der Waals surface area contributed by atoms with Crippen molar-refractivity contribution in [3.8, 4) is 0 Å². The molecule has 178 valence electrons. The first-order valence-electron chi connectivity index (χ1n) is 11.3. The molecule has 3 atom stereocenters. The lowest BCUT2D eigenvalue weighted by molar-refractivity contribution is -0.130. The van der Waals surface area contributed by atoms with Gasteiger partial charge in [-0.15, -0.1) is 0 Å². The van der Waals surface area contributed by atoms with Gasteiger partial charge in [0.05, 0.1) is 6.04 Å². The van der Waals surface area contributed by atoms with Crippen molar-refractivity contribution in [2.24, 2.45) is 5.92 Å². The van der Waals surface area contributed by atoms with Crippen molar-refractivity contribution in [2.45, 2.75) is 37.8 Å². The number of aldehydes is 1. The van der Waals surface area contributed by atoms with E-state index in [0.29, 0.717) is 24.8 Å². The Morgan fingerprint density at radius 3 is 2.50 bits per heavy atom. The van der Waals surface area contributed by atoms with Gasteiger partial charge in [0.2, 0.25) is 17.7 Å². The summed E-state index contributed by atoms with van der Waals surface area (Å²) >= 11 is 0. The maximum absolute atomic E-state index is 13.1. The number of benzene rings is 2. The van der Waals surface area contributed by atoms with Gasteiger partial charge in [0.15, 0.2) is 0 Å². The van der Waals surface area contributed by atoms with Crippen LogP contribution in [0.4, 0.5) is 4.39 Å². The van der Waals surface area contributed by atoms with Gasteiger partial charge in [-0.1, -0.05) is 42.5 Å². The van der Waals surface area contributed by atoms with Crippen LogP contribution in [0.5, 0.6) is 0 Å². The fourth-order valence-electron chi connectivity index (χ4n) is 3.82. The molecule has 0 bridgehead atoms. The summed E-state index contributed by atoms with van der Waals surface area (Å²) in [6.07, 6.45) is 5.31. The van der Waals surface area contributed by atoms with Crippen molar-refractivity contribution in [3.05, 3.63) is 77.6 Å². The first-order chi connectivity index (χ1) is 16.4. The summed E-state index contributed by atoms with van der Waals surface area (Å²) in [4.78, 5) is 49.2. The number of carbonyl (C=O) groups excluding carboxylic acids is 4. The lowest BCUT2D eigenvalue weighted by atomic mass is 9.92. The van der Waals surface area contributed by atoms with Crippen LogP contribution in [0.2, 0.25) is 0 Å². The second-order valence-electron chi connectivity index (χ2n) is 8.25. The highest BCUT2D eigenvalue weighted by molar-refractivity contribution is 5.96. The van der Waals surface area contributed by atoms with Crippen LogP contribution in [-0.2, 0) is 25.6 Å². The van der Waals surface area contributed by atoms with E-state index in [-0.39, 0.29) is 30.5 Å². The molecule has 1 saturated heterocycles. The SMILES string of the molecule is O=C[C@H](C[C@@H]1CCCNC1=O)NC(=O)[C@H](Cc1ccccc1)NC(=O)/C=C/c1ccc(F)cc1. The normalized spacial score (nSPS) is 17.4. The lowest BCUT2D eigenvalue weighted by Gasteiger charge is -2.25. The van der Waals surface area contributed by atoms with Crippen molar-refractivity contribution in [3.63, 3.8) is 0 Å². The number of hydrogen-bond donors (Lipinski definition) is 3. The van der Waals surface area contributed by atoms with Gasteiger partial charge in [-0.25, -0.2) is 4.39 Å². The average molecular weight is 466 g/mol. The minimum atomic E-state index is -0.935. The number of nitrogens with one attached hydrogen (secondary N) is 3. The number of rotatable bonds is 10. The van der Waals surface area contributed by atoms with Gasteiger partial charge in [-0.05, 0) is 48.6 Å². The fourth-order valence-corrected chi connectivity index (χ4v) is 3.82. The molecule has 0 radical (unpaired) electrons. The van der Waals surface area contributed by atoms with E-state index in [1.54, 1.807) is 0 Å². The number of hydrogen-bond acceptors (Lipinski definition) is 4. The van der Waals surface area contributed by atoms with E-state index in [4.69, 9.17) is 0 Å². The summed E-state index contributed by atoms with van der Waals surface area (Å²) in [5.74, 6) is -1.86. The Balaban J connectivity index is 1.67. The van der Waals surface area contributed by atoms with Crippen LogP contribution in [0.3, 0.4) is 0 Å². The van der Waals surface area contributed by atoms with Crippen molar-refractivity contribution >= 4 is 30.1 Å². The maximum Gasteiger partial charge on any atom is 0.244 e. The third kappa shape index (κ3) is 7.65. The van der Waals surface area contributed by atoms with Crippen molar-refractivity contribution in [2.75, 3.05) is 6.54 Å². The average Bonchev–Trinajstić information content (AvgIpc) is 2.84. The number of halogens is 1. The van der Waals surface area contributed by atoms with Gasteiger partial charge in [-0.3, -0.25) is 14.4 Å². The predicted molar refractivity (Wildman–Crippen MR) is 126 cm³/mol. The monoisotopic (exact) mass is 465 g/mol. The van der Waals surface area contributed by atoms with E-state index < -0.39 is 23.9 Å². The first-order valence-corrected chi connectivity index (χ1v) is 11.3. The predicted octanol–water partition coefficient (Wildman–Crippen LogP) is 2.17. The second-order valence-corrected chi connectivity index (χ2v) is 8.25. The van der Waals surface area contributed by atoms with Gasteiger partial charge in [0.25, 0.3) is 0 Å². The minimum absolute atomic E-state index is 0.118. The van der Waals surface area contributed by atoms with E-state index >= 15 is 0 Å². The second kappa shape index (κ2) is 12.4. The van der Waals surface area contributed by atoms with Crippen LogP contribution in [0.25, 0.3) is 6.08 Å². The van der Waals surface area contributed by atoms with Crippen molar-refractivity contribution < 1.29 is 23.6 Å². The summed E-state index contributed by atoms with van der Waals surface area (Å²) in [6.45, 7) is 0.615. The van der Waals surface area contributed by atoms with E-state index in [1.807, 2.05) is 30.3 Å². The van der Waals surface area contributed by atoms with E-state index in [9.17, 15) is 23.6 Å². The van der Waals surface area contributed by atoms with E-state index in [2.05, 4.69) is 16.0 Å². The van der Waals surface area contributed by atoms with Crippen LogP contribution >= 0.6 is 0 Å². The Morgan fingerprint density at radius 1 is 1.09 bits per heavy atom. The smallest absolute Gasteiger partial charge is 0.244 e.